The molecule has 0 saturated carbocycles. The van der Waals surface area contributed by atoms with Gasteiger partial charge in [0.15, 0.2) is 0 Å². The largest absolute Gasteiger partial charge is 0.269 e. The van der Waals surface area contributed by atoms with Gasteiger partial charge in [0.05, 0.1) is 19.5 Å². The highest BCUT2D eigenvalue weighted by Crippen LogP contribution is 2.43. The second-order valence-corrected chi connectivity index (χ2v) is 8.23. The lowest BCUT2D eigenvalue weighted by Gasteiger charge is -2.19. The molecule has 3 rings (SSSR count). The number of para-hydroxylation sites is 1. The van der Waals surface area contributed by atoms with E-state index < -0.39 is 21.2 Å². The predicted octanol–water partition coefficient (Wildman–Crippen LogP) is 3.90. The van der Waals surface area contributed by atoms with E-state index in [0.29, 0.717) is 11.3 Å². The molecule has 1 aliphatic heterocycles. The fraction of sp³-hybridized carbons (Fsp3) is 0.143. The van der Waals surface area contributed by atoms with Gasteiger partial charge >= 0.3 is 0 Å². The molecule has 0 aromatic heterocycles. The molecule has 0 saturated heterocycles. The Bertz CT molecular complexity index is 841. The van der Waals surface area contributed by atoms with Crippen LogP contribution in [0.15, 0.2) is 41.3 Å². The van der Waals surface area contributed by atoms with Gasteiger partial charge in [-0.2, -0.15) is 0 Å². The van der Waals surface area contributed by atoms with Crippen molar-refractivity contribution in [1.82, 2.24) is 0 Å². The smallest absolute Gasteiger partial charge is 0.264 e. The monoisotopic (exact) mass is 437 g/mol. The lowest BCUT2D eigenvalue weighted by molar-refractivity contribution is 0.591. The number of rotatable bonds is 0. The highest BCUT2D eigenvalue weighted by atomic mass is 127. The second kappa shape index (κ2) is 5.10. The molecule has 3 nitrogen and oxygen atoms in total. The van der Waals surface area contributed by atoms with Gasteiger partial charge in [0.2, 0.25) is 0 Å². The first-order valence-corrected chi connectivity index (χ1v) is 9.00. The minimum Gasteiger partial charge on any atom is -0.269 e. The minimum atomic E-state index is -3.77. The van der Waals surface area contributed by atoms with Crippen molar-refractivity contribution in [3.63, 3.8) is 0 Å². The fourth-order valence-electron chi connectivity index (χ4n) is 2.40. The van der Waals surface area contributed by atoms with Gasteiger partial charge in [-0.25, -0.2) is 12.8 Å². The first-order chi connectivity index (χ1) is 9.84. The van der Waals surface area contributed by atoms with Crippen molar-refractivity contribution in [2.45, 2.75) is 10.3 Å². The topological polar surface area (TPSA) is 37.4 Å². The van der Waals surface area contributed by atoms with Crippen molar-refractivity contribution in [3.8, 4) is 0 Å². The zero-order valence-corrected chi connectivity index (χ0v) is 14.6. The lowest BCUT2D eigenvalue weighted by atomic mass is 10.0. The molecule has 0 spiro atoms. The van der Waals surface area contributed by atoms with E-state index in [2.05, 4.69) is 0 Å². The molecule has 1 atom stereocenters. The number of benzene rings is 2. The summed E-state index contributed by atoms with van der Waals surface area (Å²) in [6, 6.07) is 9.51. The van der Waals surface area contributed by atoms with Gasteiger partial charge in [-0.15, -0.1) is 11.6 Å². The van der Waals surface area contributed by atoms with Gasteiger partial charge in [-0.3, -0.25) is 4.31 Å². The third-order valence-electron chi connectivity index (χ3n) is 3.51. The SMILES string of the molecule is CN1c2ccccc2C(Cl)c2cc(F)c(I)cc2S1(=O)=O. The zero-order chi connectivity index (χ0) is 15.4. The van der Waals surface area contributed by atoms with Crippen LogP contribution in [-0.4, -0.2) is 15.5 Å². The Morgan fingerprint density at radius 3 is 2.62 bits per heavy atom. The molecule has 0 radical (unpaired) electrons. The summed E-state index contributed by atoms with van der Waals surface area (Å²) in [7, 11) is -2.29. The van der Waals surface area contributed by atoms with Crippen LogP contribution in [0.5, 0.6) is 0 Å². The average molecular weight is 438 g/mol. The van der Waals surface area contributed by atoms with Crippen molar-refractivity contribution >= 4 is 49.9 Å². The highest BCUT2D eigenvalue weighted by Gasteiger charge is 2.34. The molecule has 0 amide bonds. The summed E-state index contributed by atoms with van der Waals surface area (Å²) in [5, 5.41) is -0.720. The molecule has 1 heterocycles. The van der Waals surface area contributed by atoms with Crippen LogP contribution in [0.4, 0.5) is 10.1 Å². The molecule has 21 heavy (non-hydrogen) atoms. The van der Waals surface area contributed by atoms with E-state index in [1.807, 2.05) is 0 Å². The molecular weight excluding hydrogens is 428 g/mol. The van der Waals surface area contributed by atoms with Gasteiger partial charge < -0.3 is 0 Å². The van der Waals surface area contributed by atoms with E-state index in [9.17, 15) is 12.8 Å². The maximum atomic E-state index is 13.9. The van der Waals surface area contributed by atoms with Gasteiger partial charge in [0, 0.05) is 7.05 Å². The van der Waals surface area contributed by atoms with E-state index in [-0.39, 0.29) is 14.0 Å². The Kier molecular flexibility index (Phi) is 3.66. The number of hydrogen-bond donors (Lipinski definition) is 0. The Morgan fingerprint density at radius 2 is 1.90 bits per heavy atom. The molecule has 1 aliphatic rings. The van der Waals surface area contributed by atoms with Crippen LogP contribution in [0.3, 0.4) is 0 Å². The molecule has 1 unspecified atom stereocenters. The van der Waals surface area contributed by atoms with Crippen LogP contribution in [0.1, 0.15) is 16.5 Å². The summed E-state index contributed by atoms with van der Waals surface area (Å²) < 4.78 is 40.8. The summed E-state index contributed by atoms with van der Waals surface area (Å²) >= 11 is 8.21. The molecule has 2 aromatic carbocycles. The second-order valence-electron chi connectivity index (χ2n) is 4.70. The summed E-state index contributed by atoms with van der Waals surface area (Å²) in [6.45, 7) is 0. The molecule has 7 heteroatoms. The van der Waals surface area contributed by atoms with Gasteiger partial charge in [-0.1, -0.05) is 18.2 Å². The minimum absolute atomic E-state index is 0.0481. The third-order valence-corrected chi connectivity index (χ3v) is 6.64. The van der Waals surface area contributed by atoms with Crippen LogP contribution in [0.25, 0.3) is 0 Å². The standard InChI is InChI=1S/C14H10ClFINO2S/c1-18-12-5-3-2-4-8(12)14(15)9-6-10(16)11(17)7-13(9)21(18,19)20/h2-7,14H,1H3. The number of anilines is 1. The maximum Gasteiger partial charge on any atom is 0.264 e. The normalized spacial score (nSPS) is 19.6. The maximum absolute atomic E-state index is 13.9. The average Bonchev–Trinajstić information content (AvgIpc) is 2.52. The summed E-state index contributed by atoms with van der Waals surface area (Å²) in [5.74, 6) is -0.475. The van der Waals surface area contributed by atoms with Gasteiger partial charge in [-0.05, 0) is 51.9 Å². The summed E-state index contributed by atoms with van der Waals surface area (Å²) in [4.78, 5) is 0.0481. The Morgan fingerprint density at radius 1 is 1.24 bits per heavy atom. The lowest BCUT2D eigenvalue weighted by Crippen LogP contribution is -2.26. The van der Waals surface area contributed by atoms with E-state index in [0.717, 1.165) is 0 Å². The van der Waals surface area contributed by atoms with Crippen molar-refractivity contribution < 1.29 is 12.8 Å². The first kappa shape index (κ1) is 15.1. The Labute approximate surface area is 140 Å². The quantitative estimate of drug-likeness (QED) is 0.463. The van der Waals surface area contributed by atoms with Crippen molar-refractivity contribution in [2.24, 2.45) is 0 Å². The van der Waals surface area contributed by atoms with Crippen LogP contribution in [-0.2, 0) is 10.0 Å². The molecule has 110 valence electrons. The number of halogens is 3. The Hall–Kier alpha value is -0.860. The first-order valence-electron chi connectivity index (χ1n) is 6.05. The third kappa shape index (κ3) is 2.24. The van der Waals surface area contributed by atoms with Gasteiger partial charge in [0.1, 0.15) is 5.82 Å². The molecular formula is C14H10ClFINO2S. The van der Waals surface area contributed by atoms with Crippen LogP contribution >= 0.6 is 34.2 Å². The highest BCUT2D eigenvalue weighted by molar-refractivity contribution is 14.1. The van der Waals surface area contributed by atoms with Crippen LogP contribution in [0.2, 0.25) is 0 Å². The summed E-state index contributed by atoms with van der Waals surface area (Å²) in [6.07, 6.45) is 0. The molecule has 2 aromatic rings. The van der Waals surface area contributed by atoms with E-state index in [1.54, 1.807) is 46.9 Å². The molecule has 0 aliphatic carbocycles. The van der Waals surface area contributed by atoms with Crippen molar-refractivity contribution in [2.75, 3.05) is 11.4 Å². The zero-order valence-electron chi connectivity index (χ0n) is 10.8. The van der Waals surface area contributed by atoms with Gasteiger partial charge in [0.25, 0.3) is 10.0 Å². The number of fused-ring (bicyclic) bond motifs is 2. The summed E-state index contributed by atoms with van der Waals surface area (Å²) in [5.41, 5.74) is 1.42. The van der Waals surface area contributed by atoms with E-state index in [4.69, 9.17) is 11.6 Å². The van der Waals surface area contributed by atoms with Crippen LogP contribution < -0.4 is 4.31 Å². The van der Waals surface area contributed by atoms with E-state index >= 15 is 0 Å². The van der Waals surface area contributed by atoms with Crippen molar-refractivity contribution in [1.29, 1.82) is 0 Å². The van der Waals surface area contributed by atoms with Crippen LogP contribution in [0, 0.1) is 9.39 Å². The van der Waals surface area contributed by atoms with E-state index in [1.165, 1.54) is 23.5 Å². The molecule has 0 bridgehead atoms. The number of alkyl halides is 1. The predicted molar refractivity (Wildman–Crippen MR) is 88.8 cm³/mol. The number of nitrogens with zero attached hydrogens (tertiary/aromatic N) is 1. The number of hydrogen-bond acceptors (Lipinski definition) is 2. The Balaban J connectivity index is 2.42. The molecule has 0 N–H and O–H groups in total. The molecule has 0 fully saturated rings. The number of sulfonamides is 1. The van der Waals surface area contributed by atoms with Crippen molar-refractivity contribution in [3.05, 3.63) is 56.9 Å². The fourth-order valence-corrected chi connectivity index (χ4v) is 4.97.